The minimum atomic E-state index is 0.0802. The average molecular weight is 321 g/mol. The number of aromatic nitrogens is 3. The predicted molar refractivity (Wildman–Crippen MR) is 93.1 cm³/mol. The van der Waals surface area contributed by atoms with Gasteiger partial charge in [-0.2, -0.15) is 0 Å². The molecule has 0 atom stereocenters. The van der Waals surface area contributed by atoms with Gasteiger partial charge in [-0.05, 0) is 25.9 Å². The van der Waals surface area contributed by atoms with E-state index in [0.29, 0.717) is 0 Å². The van der Waals surface area contributed by atoms with Crippen molar-refractivity contribution in [2.24, 2.45) is 0 Å². The fraction of sp³-hybridized carbons (Fsp3) is 0.750. The average Bonchev–Trinajstić information content (AvgIpc) is 2.92. The minimum Gasteiger partial charge on any atom is -0.345 e. The Balaban J connectivity index is 1.75. The molecule has 0 saturated carbocycles. The maximum absolute atomic E-state index is 4.76. The molecule has 1 fully saturated rings. The van der Waals surface area contributed by atoms with Crippen molar-refractivity contribution in [2.45, 2.75) is 46.0 Å². The van der Waals surface area contributed by atoms with Crippen molar-refractivity contribution < 1.29 is 0 Å². The Hall–Kier alpha value is -1.14. The van der Waals surface area contributed by atoms with Crippen LogP contribution in [0.25, 0.3) is 4.96 Å². The zero-order chi connectivity index (χ0) is 15.7. The molecule has 5 nitrogen and oxygen atoms in total. The summed E-state index contributed by atoms with van der Waals surface area (Å²) in [7, 11) is 0. The van der Waals surface area contributed by atoms with Crippen LogP contribution < -0.4 is 4.90 Å². The summed E-state index contributed by atoms with van der Waals surface area (Å²) >= 11 is 1.71. The number of rotatable bonds is 3. The number of hydrogen-bond donors (Lipinski definition) is 0. The van der Waals surface area contributed by atoms with E-state index in [9.17, 15) is 0 Å². The van der Waals surface area contributed by atoms with Crippen LogP contribution in [-0.2, 0) is 5.41 Å². The van der Waals surface area contributed by atoms with Crippen LogP contribution in [0.15, 0.2) is 6.20 Å². The van der Waals surface area contributed by atoms with Gasteiger partial charge in [-0.15, -0.1) is 5.10 Å². The van der Waals surface area contributed by atoms with Crippen LogP contribution in [0, 0.1) is 0 Å². The molecule has 1 aliphatic rings. The van der Waals surface area contributed by atoms with Gasteiger partial charge < -0.3 is 9.80 Å². The van der Waals surface area contributed by atoms with Crippen molar-refractivity contribution in [1.82, 2.24) is 19.5 Å². The van der Waals surface area contributed by atoms with Crippen LogP contribution in [-0.4, -0.2) is 52.2 Å². The van der Waals surface area contributed by atoms with E-state index in [1.807, 2.05) is 4.52 Å². The molecule has 2 aromatic heterocycles. The van der Waals surface area contributed by atoms with Crippen molar-refractivity contribution in [3.63, 3.8) is 0 Å². The van der Waals surface area contributed by atoms with Gasteiger partial charge in [-0.3, -0.25) is 0 Å². The Kier molecular flexibility index (Phi) is 4.41. The molecule has 3 rings (SSSR count). The topological polar surface area (TPSA) is 36.7 Å². The summed E-state index contributed by atoms with van der Waals surface area (Å²) in [6, 6.07) is 0. The van der Waals surface area contributed by atoms with Crippen LogP contribution in [0.2, 0.25) is 0 Å². The standard InChI is InChI=1S/C16H27N5S/c1-5-7-19-8-6-9-20(11-10-19)15-18-21-12-13(16(2,3)4)17-14(21)22-15/h12H,5-11H2,1-4H3. The molecule has 0 aliphatic carbocycles. The molecule has 6 heteroatoms. The van der Waals surface area contributed by atoms with Gasteiger partial charge in [0.15, 0.2) is 0 Å². The molecule has 0 bridgehead atoms. The van der Waals surface area contributed by atoms with E-state index < -0.39 is 0 Å². The van der Waals surface area contributed by atoms with Gasteiger partial charge in [0.2, 0.25) is 10.1 Å². The fourth-order valence-corrected chi connectivity index (χ4v) is 3.82. The Morgan fingerprint density at radius 2 is 2.00 bits per heavy atom. The summed E-state index contributed by atoms with van der Waals surface area (Å²) in [5.41, 5.74) is 1.19. The van der Waals surface area contributed by atoms with Crippen LogP contribution in [0.4, 0.5) is 5.13 Å². The molecule has 1 aliphatic heterocycles. The van der Waals surface area contributed by atoms with Gasteiger partial charge in [-0.1, -0.05) is 39.0 Å². The second kappa shape index (κ2) is 6.16. The lowest BCUT2D eigenvalue weighted by Crippen LogP contribution is -2.31. The van der Waals surface area contributed by atoms with Crippen molar-refractivity contribution in [2.75, 3.05) is 37.6 Å². The zero-order valence-electron chi connectivity index (χ0n) is 14.2. The molecule has 2 aromatic rings. The summed E-state index contributed by atoms with van der Waals surface area (Å²) in [6.07, 6.45) is 4.53. The number of nitrogens with zero attached hydrogens (tertiary/aromatic N) is 5. The third kappa shape index (κ3) is 3.27. The molecule has 0 N–H and O–H groups in total. The second-order valence-corrected chi connectivity index (χ2v) is 8.10. The number of fused-ring (bicyclic) bond motifs is 1. The lowest BCUT2D eigenvalue weighted by Gasteiger charge is -2.20. The minimum absolute atomic E-state index is 0.0802. The smallest absolute Gasteiger partial charge is 0.214 e. The van der Waals surface area contributed by atoms with Gasteiger partial charge >= 0.3 is 0 Å². The normalized spacial score (nSPS) is 18.1. The largest absolute Gasteiger partial charge is 0.345 e. The Bertz CT molecular complexity index is 593. The molecular weight excluding hydrogens is 294 g/mol. The first-order valence-electron chi connectivity index (χ1n) is 8.31. The van der Waals surface area contributed by atoms with E-state index in [1.165, 1.54) is 25.9 Å². The fourth-order valence-electron chi connectivity index (χ4n) is 2.88. The number of anilines is 1. The monoisotopic (exact) mass is 321 g/mol. The van der Waals surface area contributed by atoms with Gasteiger partial charge in [0, 0.05) is 25.0 Å². The molecule has 22 heavy (non-hydrogen) atoms. The van der Waals surface area contributed by atoms with Gasteiger partial charge in [0.25, 0.3) is 0 Å². The molecule has 0 aromatic carbocycles. The lowest BCUT2D eigenvalue weighted by atomic mass is 9.93. The van der Waals surface area contributed by atoms with Crippen LogP contribution >= 0.6 is 11.3 Å². The molecule has 0 amide bonds. The third-order valence-electron chi connectivity index (χ3n) is 4.20. The molecule has 0 unspecified atom stereocenters. The maximum atomic E-state index is 4.76. The van der Waals surface area contributed by atoms with Gasteiger partial charge in [-0.25, -0.2) is 9.50 Å². The highest BCUT2D eigenvalue weighted by Gasteiger charge is 2.22. The summed E-state index contributed by atoms with van der Waals surface area (Å²) < 4.78 is 1.95. The highest BCUT2D eigenvalue weighted by atomic mass is 32.1. The highest BCUT2D eigenvalue weighted by Crippen LogP contribution is 2.28. The zero-order valence-corrected chi connectivity index (χ0v) is 15.0. The molecular formula is C16H27N5S. The van der Waals surface area contributed by atoms with E-state index in [0.717, 1.165) is 35.4 Å². The molecule has 0 spiro atoms. The Morgan fingerprint density at radius 3 is 2.68 bits per heavy atom. The van der Waals surface area contributed by atoms with Crippen LogP contribution in [0.3, 0.4) is 0 Å². The number of hydrogen-bond acceptors (Lipinski definition) is 5. The first-order valence-corrected chi connectivity index (χ1v) is 9.13. The Morgan fingerprint density at radius 1 is 1.18 bits per heavy atom. The summed E-state index contributed by atoms with van der Waals surface area (Å²) in [5, 5.41) is 5.88. The molecule has 1 saturated heterocycles. The van der Waals surface area contributed by atoms with Crippen molar-refractivity contribution in [3.8, 4) is 0 Å². The lowest BCUT2D eigenvalue weighted by molar-refractivity contribution is 0.294. The molecule has 3 heterocycles. The van der Waals surface area contributed by atoms with Crippen LogP contribution in [0.5, 0.6) is 0 Å². The first-order chi connectivity index (χ1) is 10.5. The molecule has 122 valence electrons. The van der Waals surface area contributed by atoms with Crippen molar-refractivity contribution in [1.29, 1.82) is 0 Å². The van der Waals surface area contributed by atoms with Crippen LogP contribution in [0.1, 0.15) is 46.2 Å². The SMILES string of the molecule is CCCN1CCCN(c2nn3cc(C(C)(C)C)nc3s2)CC1. The first kappa shape index (κ1) is 15.7. The summed E-state index contributed by atoms with van der Waals surface area (Å²) in [6.45, 7) is 14.6. The quantitative estimate of drug-likeness (QED) is 0.871. The molecule has 0 radical (unpaired) electrons. The van der Waals surface area contributed by atoms with Crippen molar-refractivity contribution >= 4 is 21.4 Å². The second-order valence-electron chi connectivity index (χ2n) is 7.17. The van der Waals surface area contributed by atoms with E-state index in [4.69, 9.17) is 10.1 Å². The number of imidazole rings is 1. The van der Waals surface area contributed by atoms with Crippen molar-refractivity contribution in [3.05, 3.63) is 11.9 Å². The Labute approximate surface area is 136 Å². The van der Waals surface area contributed by atoms with E-state index >= 15 is 0 Å². The predicted octanol–water partition coefficient (Wildman–Crippen LogP) is 3.01. The van der Waals surface area contributed by atoms with E-state index in [-0.39, 0.29) is 5.41 Å². The summed E-state index contributed by atoms with van der Waals surface area (Å²) in [5.74, 6) is 0. The highest BCUT2D eigenvalue weighted by molar-refractivity contribution is 7.20. The summed E-state index contributed by atoms with van der Waals surface area (Å²) in [4.78, 5) is 10.7. The van der Waals surface area contributed by atoms with Gasteiger partial charge in [0.1, 0.15) is 0 Å². The van der Waals surface area contributed by atoms with E-state index in [2.05, 4.69) is 43.7 Å². The van der Waals surface area contributed by atoms with Gasteiger partial charge in [0.05, 0.1) is 11.9 Å². The van der Waals surface area contributed by atoms with E-state index in [1.54, 1.807) is 11.3 Å². The third-order valence-corrected chi connectivity index (χ3v) is 5.18. The maximum Gasteiger partial charge on any atom is 0.214 e.